The Morgan fingerprint density at radius 2 is 2.13 bits per heavy atom. The Balaban J connectivity index is 3.08. The fourth-order valence-corrected chi connectivity index (χ4v) is 1.40. The highest BCUT2D eigenvalue weighted by Gasteiger charge is 2.35. The van der Waals surface area contributed by atoms with Gasteiger partial charge in [-0.3, -0.25) is 9.69 Å². The Bertz CT molecular complexity index is 345. The third-order valence-corrected chi connectivity index (χ3v) is 2.24. The molecule has 1 aliphatic heterocycles. The summed E-state index contributed by atoms with van der Waals surface area (Å²) in [6, 6.07) is 0. The van der Waals surface area contributed by atoms with E-state index in [-0.39, 0.29) is 18.1 Å². The van der Waals surface area contributed by atoms with Crippen molar-refractivity contribution in [1.82, 2.24) is 9.80 Å². The Kier molecular flexibility index (Phi) is 3.07. The molecule has 1 rings (SSSR count). The van der Waals surface area contributed by atoms with Crippen LogP contribution in [0, 0.1) is 12.3 Å². The van der Waals surface area contributed by atoms with Crippen LogP contribution in [-0.2, 0) is 4.79 Å². The molecule has 0 aromatic carbocycles. The first kappa shape index (κ1) is 11.2. The molecule has 0 saturated carbocycles. The summed E-state index contributed by atoms with van der Waals surface area (Å²) in [5, 5.41) is 9.78. The van der Waals surface area contributed by atoms with Gasteiger partial charge in [-0.1, -0.05) is 5.92 Å². The van der Waals surface area contributed by atoms with Crippen molar-refractivity contribution < 1.29 is 9.90 Å². The van der Waals surface area contributed by atoms with Gasteiger partial charge in [0.05, 0.1) is 6.54 Å². The van der Waals surface area contributed by atoms with Crippen molar-refractivity contribution in [3.05, 3.63) is 11.5 Å². The van der Waals surface area contributed by atoms with E-state index >= 15 is 0 Å². The lowest BCUT2D eigenvalue weighted by molar-refractivity contribution is -0.154. The predicted octanol–water partition coefficient (Wildman–Crippen LogP) is -1.85. The molecule has 0 aliphatic carbocycles. The minimum Gasteiger partial charge on any atom is -0.391 e. The largest absolute Gasteiger partial charge is 0.391 e. The second-order valence-electron chi connectivity index (χ2n) is 3.07. The van der Waals surface area contributed by atoms with Gasteiger partial charge >= 0.3 is 0 Å². The fraction of sp³-hybridized carbons (Fsp3) is 0.444. The molecule has 0 aromatic heterocycles. The lowest BCUT2D eigenvalue weighted by atomic mass is 10.2. The van der Waals surface area contributed by atoms with Gasteiger partial charge in [-0.25, -0.2) is 0 Å². The smallest absolute Gasteiger partial charge is 0.277 e. The van der Waals surface area contributed by atoms with Crippen LogP contribution in [0.4, 0.5) is 0 Å². The summed E-state index contributed by atoms with van der Waals surface area (Å²) in [7, 11) is 0. The van der Waals surface area contributed by atoms with Gasteiger partial charge in [0.1, 0.15) is 11.5 Å². The van der Waals surface area contributed by atoms with E-state index < -0.39 is 12.3 Å². The number of hydrogen-bond donors (Lipinski definition) is 3. The number of aliphatic hydroxyl groups is 1. The highest BCUT2D eigenvalue weighted by atomic mass is 16.3. The Morgan fingerprint density at radius 1 is 1.53 bits per heavy atom. The summed E-state index contributed by atoms with van der Waals surface area (Å²) < 4.78 is 0. The van der Waals surface area contributed by atoms with Crippen LogP contribution in [0.25, 0.3) is 0 Å². The lowest BCUT2D eigenvalue weighted by Crippen LogP contribution is -2.58. The van der Waals surface area contributed by atoms with Crippen LogP contribution in [0.3, 0.4) is 0 Å². The summed E-state index contributed by atoms with van der Waals surface area (Å²) in [5.41, 5.74) is 11.0. The van der Waals surface area contributed by atoms with Crippen LogP contribution in [-0.4, -0.2) is 40.3 Å². The molecule has 15 heavy (non-hydrogen) atoms. The van der Waals surface area contributed by atoms with Crippen molar-refractivity contribution in [2.45, 2.75) is 13.3 Å². The molecule has 0 radical (unpaired) electrons. The van der Waals surface area contributed by atoms with Crippen molar-refractivity contribution in [1.29, 1.82) is 0 Å². The number of carbonyl (C=O) groups is 1. The molecule has 1 heterocycles. The summed E-state index contributed by atoms with van der Waals surface area (Å²) in [6.07, 6.45) is 3.94. The van der Waals surface area contributed by atoms with E-state index in [9.17, 15) is 9.90 Å². The quantitative estimate of drug-likeness (QED) is 0.465. The van der Waals surface area contributed by atoms with Crippen molar-refractivity contribution in [3.8, 4) is 12.3 Å². The third-order valence-electron chi connectivity index (χ3n) is 2.24. The Hall–Kier alpha value is -1.87. The highest BCUT2D eigenvalue weighted by molar-refractivity contribution is 5.94. The van der Waals surface area contributed by atoms with Gasteiger partial charge in [0.25, 0.3) is 5.91 Å². The van der Waals surface area contributed by atoms with Gasteiger partial charge in [-0.05, 0) is 6.92 Å². The van der Waals surface area contributed by atoms with E-state index in [0.717, 1.165) is 4.90 Å². The standard InChI is InChI=1S/C9H14N4O2/c1-3-5-13-8(14)6(10)7(11)12(4-2)9(13)15/h1,9,15H,4-5,10-11H2,2H3. The molecule has 5 N–H and O–H groups in total. The molecule has 0 bridgehead atoms. The highest BCUT2D eigenvalue weighted by Crippen LogP contribution is 2.17. The third kappa shape index (κ3) is 1.69. The van der Waals surface area contributed by atoms with Crippen molar-refractivity contribution in [2.24, 2.45) is 11.5 Å². The molecule has 0 aromatic rings. The normalized spacial score (nSPS) is 21.9. The first-order valence-corrected chi connectivity index (χ1v) is 4.49. The molecule has 0 spiro atoms. The minimum absolute atomic E-state index is 0.00944. The van der Waals surface area contributed by atoms with Crippen LogP contribution in [0.1, 0.15) is 6.92 Å². The van der Waals surface area contributed by atoms with E-state index in [1.54, 1.807) is 6.92 Å². The number of amides is 1. The molecule has 1 amide bonds. The predicted molar refractivity (Wildman–Crippen MR) is 54.3 cm³/mol. The molecule has 1 aliphatic rings. The zero-order valence-corrected chi connectivity index (χ0v) is 8.47. The molecule has 0 saturated heterocycles. The Morgan fingerprint density at radius 3 is 2.60 bits per heavy atom. The zero-order chi connectivity index (χ0) is 11.6. The molecule has 1 unspecified atom stereocenters. The van der Waals surface area contributed by atoms with Gasteiger partial charge in [0.2, 0.25) is 6.35 Å². The van der Waals surface area contributed by atoms with Crippen LogP contribution in [0.5, 0.6) is 0 Å². The SMILES string of the molecule is C#CCN1C(=O)C(N)=C(N)N(CC)C1O. The van der Waals surface area contributed by atoms with E-state index in [4.69, 9.17) is 17.9 Å². The number of hydrogen-bond acceptors (Lipinski definition) is 5. The number of nitrogens with two attached hydrogens (primary N) is 2. The van der Waals surface area contributed by atoms with Crippen LogP contribution in [0.2, 0.25) is 0 Å². The first-order valence-electron chi connectivity index (χ1n) is 4.49. The summed E-state index contributed by atoms with van der Waals surface area (Å²) >= 11 is 0. The number of carbonyl (C=O) groups excluding carboxylic acids is 1. The molecule has 0 fully saturated rings. The van der Waals surface area contributed by atoms with Crippen molar-refractivity contribution in [2.75, 3.05) is 13.1 Å². The minimum atomic E-state index is -1.15. The van der Waals surface area contributed by atoms with Gasteiger partial charge in [0.15, 0.2) is 0 Å². The lowest BCUT2D eigenvalue weighted by Gasteiger charge is -2.40. The maximum Gasteiger partial charge on any atom is 0.277 e. The van der Waals surface area contributed by atoms with Crippen LogP contribution >= 0.6 is 0 Å². The second-order valence-corrected chi connectivity index (χ2v) is 3.07. The van der Waals surface area contributed by atoms with Crippen molar-refractivity contribution in [3.63, 3.8) is 0 Å². The topological polar surface area (TPSA) is 95.8 Å². The maximum absolute atomic E-state index is 11.6. The molecular weight excluding hydrogens is 196 g/mol. The fourth-order valence-electron chi connectivity index (χ4n) is 1.40. The van der Waals surface area contributed by atoms with Crippen molar-refractivity contribution >= 4 is 5.91 Å². The number of aliphatic hydroxyl groups excluding tert-OH is 1. The molecular formula is C9H14N4O2. The second kappa shape index (κ2) is 4.11. The van der Waals surface area contributed by atoms with E-state index in [0.29, 0.717) is 6.54 Å². The molecule has 82 valence electrons. The number of nitrogens with zero attached hydrogens (tertiary/aromatic N) is 2. The van der Waals surface area contributed by atoms with Gasteiger partial charge in [-0.2, -0.15) is 0 Å². The van der Waals surface area contributed by atoms with E-state index in [2.05, 4.69) is 5.92 Å². The summed E-state index contributed by atoms with van der Waals surface area (Å²) in [4.78, 5) is 14.1. The number of rotatable bonds is 2. The van der Waals surface area contributed by atoms with Gasteiger partial charge < -0.3 is 21.5 Å². The van der Waals surface area contributed by atoms with E-state index in [1.165, 1.54) is 4.90 Å². The molecule has 6 nitrogen and oxygen atoms in total. The summed E-state index contributed by atoms with van der Waals surface area (Å²) in [6.45, 7) is 2.21. The van der Waals surface area contributed by atoms with Crippen LogP contribution in [0.15, 0.2) is 11.5 Å². The zero-order valence-electron chi connectivity index (χ0n) is 8.47. The maximum atomic E-state index is 11.6. The summed E-state index contributed by atoms with van der Waals surface area (Å²) in [5.74, 6) is 1.82. The average Bonchev–Trinajstić information content (AvgIpc) is 2.22. The monoisotopic (exact) mass is 210 g/mol. The van der Waals surface area contributed by atoms with E-state index in [1.807, 2.05) is 0 Å². The van der Waals surface area contributed by atoms with Crippen LogP contribution < -0.4 is 11.5 Å². The number of terminal acetylenes is 1. The average molecular weight is 210 g/mol. The van der Waals surface area contributed by atoms with Gasteiger partial charge in [-0.15, -0.1) is 6.42 Å². The van der Waals surface area contributed by atoms with Gasteiger partial charge in [0, 0.05) is 6.54 Å². The molecule has 6 heteroatoms. The first-order chi connectivity index (χ1) is 7.04. The molecule has 1 atom stereocenters. The Labute approximate surface area is 88.1 Å².